The first-order valence-electron chi connectivity index (χ1n) is 10.2. The van der Waals surface area contributed by atoms with Crippen LogP contribution in [0.5, 0.6) is 0 Å². The number of halogens is 2. The Bertz CT molecular complexity index is 962. The van der Waals surface area contributed by atoms with E-state index in [1.54, 1.807) is 12.3 Å². The highest BCUT2D eigenvalue weighted by molar-refractivity contribution is 6.33. The van der Waals surface area contributed by atoms with Gasteiger partial charge in [-0.3, -0.25) is 4.90 Å². The molecule has 0 spiro atoms. The SMILES string of the molecule is Fc1ccc(Cl)c(-c2ccc(CC3C[C@@H]4CN(Cc5ccco5)C[C@@H]4C3)nn2)c1. The highest BCUT2D eigenvalue weighted by atomic mass is 35.5. The molecule has 3 atom stereocenters. The molecule has 0 bridgehead atoms. The maximum absolute atomic E-state index is 13.5. The van der Waals surface area contributed by atoms with Gasteiger partial charge in [-0.25, -0.2) is 4.39 Å². The fourth-order valence-electron chi connectivity index (χ4n) is 5.04. The van der Waals surface area contributed by atoms with E-state index in [1.807, 2.05) is 18.2 Å². The quantitative estimate of drug-likeness (QED) is 0.576. The van der Waals surface area contributed by atoms with Gasteiger partial charge in [0.1, 0.15) is 11.6 Å². The summed E-state index contributed by atoms with van der Waals surface area (Å²) >= 11 is 6.17. The first kappa shape index (κ1) is 18.8. The van der Waals surface area contributed by atoms with Crippen molar-refractivity contribution in [3.63, 3.8) is 0 Å². The Balaban J connectivity index is 1.18. The van der Waals surface area contributed by atoms with Gasteiger partial charge in [-0.2, -0.15) is 10.2 Å². The van der Waals surface area contributed by atoms with Crippen molar-refractivity contribution in [1.29, 1.82) is 0 Å². The second-order valence-corrected chi connectivity index (χ2v) is 8.78. The number of aromatic nitrogens is 2. The van der Waals surface area contributed by atoms with Gasteiger partial charge in [-0.05, 0) is 79.5 Å². The summed E-state index contributed by atoms with van der Waals surface area (Å²) in [5.74, 6) is 2.93. The molecule has 2 aliphatic rings. The Hall–Kier alpha value is -2.24. The topological polar surface area (TPSA) is 42.2 Å². The Kier molecular flexibility index (Phi) is 5.10. The van der Waals surface area contributed by atoms with Crippen LogP contribution in [0.15, 0.2) is 53.1 Å². The molecule has 1 unspecified atom stereocenters. The van der Waals surface area contributed by atoms with Crippen LogP contribution in [0.2, 0.25) is 5.02 Å². The van der Waals surface area contributed by atoms with Gasteiger partial charge >= 0.3 is 0 Å². The summed E-state index contributed by atoms with van der Waals surface area (Å²) in [6.07, 6.45) is 5.20. The van der Waals surface area contributed by atoms with Gasteiger partial charge in [0.2, 0.25) is 0 Å². The van der Waals surface area contributed by atoms with Crippen molar-refractivity contribution >= 4 is 11.6 Å². The third kappa shape index (κ3) is 4.07. The second kappa shape index (κ2) is 7.88. The van der Waals surface area contributed by atoms with Crippen molar-refractivity contribution in [2.45, 2.75) is 25.8 Å². The van der Waals surface area contributed by atoms with Crippen molar-refractivity contribution in [1.82, 2.24) is 15.1 Å². The van der Waals surface area contributed by atoms with Gasteiger partial charge < -0.3 is 4.42 Å². The molecule has 1 aliphatic heterocycles. The predicted octanol–water partition coefficient (Wildman–Crippen LogP) is 5.23. The monoisotopic (exact) mass is 411 g/mol. The molecule has 1 saturated heterocycles. The Morgan fingerprint density at radius 3 is 2.59 bits per heavy atom. The second-order valence-electron chi connectivity index (χ2n) is 8.37. The minimum absolute atomic E-state index is 0.325. The fourth-order valence-corrected chi connectivity index (χ4v) is 5.26. The number of fused-ring (bicyclic) bond motifs is 1. The lowest BCUT2D eigenvalue weighted by molar-refractivity contribution is 0.266. The highest BCUT2D eigenvalue weighted by Crippen LogP contribution is 2.43. The van der Waals surface area contributed by atoms with Crippen LogP contribution in [-0.2, 0) is 13.0 Å². The van der Waals surface area contributed by atoms with E-state index < -0.39 is 0 Å². The molecule has 150 valence electrons. The molecule has 2 aromatic heterocycles. The maximum atomic E-state index is 13.5. The first-order chi connectivity index (χ1) is 14.1. The zero-order chi connectivity index (χ0) is 19.8. The number of hydrogen-bond donors (Lipinski definition) is 0. The standard InChI is InChI=1S/C23H23ClFN3O/c24-22-5-3-18(25)11-21(22)23-6-4-19(26-27-23)10-15-8-16-12-28(13-17(16)9-15)14-20-2-1-7-29-20/h1-7,11,15-17H,8-10,12-14H2/t15?,16-,17+. The molecule has 6 heteroatoms. The predicted molar refractivity (Wildman–Crippen MR) is 110 cm³/mol. The number of furan rings is 1. The van der Waals surface area contributed by atoms with Crippen molar-refractivity contribution < 1.29 is 8.81 Å². The van der Waals surface area contributed by atoms with Crippen LogP contribution in [-0.4, -0.2) is 28.2 Å². The molecule has 3 heterocycles. The summed E-state index contributed by atoms with van der Waals surface area (Å²) in [5.41, 5.74) is 2.19. The van der Waals surface area contributed by atoms with Crippen LogP contribution in [0.1, 0.15) is 24.3 Å². The minimum atomic E-state index is -0.325. The van der Waals surface area contributed by atoms with Crippen LogP contribution in [0, 0.1) is 23.6 Å². The lowest BCUT2D eigenvalue weighted by Crippen LogP contribution is -2.22. The van der Waals surface area contributed by atoms with E-state index in [2.05, 4.69) is 21.2 Å². The molecule has 1 aromatic carbocycles. The van der Waals surface area contributed by atoms with Crippen LogP contribution in [0.25, 0.3) is 11.3 Å². The fraction of sp³-hybridized carbons (Fsp3) is 0.391. The van der Waals surface area contributed by atoms with E-state index in [1.165, 1.54) is 25.0 Å². The molecular weight excluding hydrogens is 389 g/mol. The van der Waals surface area contributed by atoms with Crippen molar-refractivity contribution in [3.05, 3.63) is 71.0 Å². The van der Waals surface area contributed by atoms with Gasteiger partial charge in [-0.1, -0.05) is 11.6 Å². The summed E-state index contributed by atoms with van der Waals surface area (Å²) in [6, 6.07) is 12.2. The molecule has 0 radical (unpaired) electrons. The highest BCUT2D eigenvalue weighted by Gasteiger charge is 2.40. The number of benzene rings is 1. The van der Waals surface area contributed by atoms with E-state index in [4.69, 9.17) is 16.0 Å². The number of likely N-dealkylation sites (tertiary alicyclic amines) is 1. The largest absolute Gasteiger partial charge is 0.468 e. The molecule has 29 heavy (non-hydrogen) atoms. The van der Waals surface area contributed by atoms with E-state index in [0.29, 0.717) is 22.2 Å². The minimum Gasteiger partial charge on any atom is -0.468 e. The van der Waals surface area contributed by atoms with E-state index >= 15 is 0 Å². The van der Waals surface area contributed by atoms with E-state index in [0.717, 1.165) is 49.3 Å². The van der Waals surface area contributed by atoms with Gasteiger partial charge in [0.25, 0.3) is 0 Å². The third-order valence-corrected chi connectivity index (χ3v) is 6.64. The number of rotatable bonds is 5. The first-order valence-corrected chi connectivity index (χ1v) is 10.5. The van der Waals surface area contributed by atoms with Gasteiger partial charge in [-0.15, -0.1) is 0 Å². The average molecular weight is 412 g/mol. The van der Waals surface area contributed by atoms with Crippen LogP contribution < -0.4 is 0 Å². The van der Waals surface area contributed by atoms with Crippen LogP contribution in [0.4, 0.5) is 4.39 Å². The van der Waals surface area contributed by atoms with Crippen molar-refractivity contribution in [3.8, 4) is 11.3 Å². The van der Waals surface area contributed by atoms with Gasteiger partial charge in [0.15, 0.2) is 0 Å². The Morgan fingerprint density at radius 2 is 1.90 bits per heavy atom. The molecule has 2 fully saturated rings. The summed E-state index contributed by atoms with van der Waals surface area (Å²) < 4.78 is 19.0. The zero-order valence-corrected chi connectivity index (χ0v) is 16.9. The normalized spacial score (nSPS) is 24.1. The van der Waals surface area contributed by atoms with Crippen LogP contribution >= 0.6 is 11.6 Å². The maximum Gasteiger partial charge on any atom is 0.123 e. The summed E-state index contributed by atoms with van der Waals surface area (Å²) in [6.45, 7) is 3.23. The number of hydrogen-bond acceptors (Lipinski definition) is 4. The molecule has 3 aromatic rings. The third-order valence-electron chi connectivity index (χ3n) is 6.31. The smallest absolute Gasteiger partial charge is 0.123 e. The van der Waals surface area contributed by atoms with Crippen molar-refractivity contribution in [2.75, 3.05) is 13.1 Å². The molecule has 0 N–H and O–H groups in total. The van der Waals surface area contributed by atoms with Gasteiger partial charge in [0, 0.05) is 18.7 Å². The Labute approximate surface area is 174 Å². The summed E-state index contributed by atoms with van der Waals surface area (Å²) in [5, 5.41) is 9.18. The molecule has 5 rings (SSSR count). The van der Waals surface area contributed by atoms with Gasteiger partial charge in [0.05, 0.1) is 29.2 Å². The molecular formula is C23H23ClFN3O. The number of nitrogens with zero attached hydrogens (tertiary/aromatic N) is 3. The molecule has 1 aliphatic carbocycles. The average Bonchev–Trinajstić information content (AvgIpc) is 3.42. The Morgan fingerprint density at radius 1 is 1.07 bits per heavy atom. The van der Waals surface area contributed by atoms with Crippen LogP contribution in [0.3, 0.4) is 0 Å². The lowest BCUT2D eigenvalue weighted by Gasteiger charge is -2.17. The zero-order valence-electron chi connectivity index (χ0n) is 16.1. The van der Waals surface area contributed by atoms with E-state index in [-0.39, 0.29) is 5.82 Å². The summed E-state index contributed by atoms with van der Waals surface area (Å²) in [7, 11) is 0. The van der Waals surface area contributed by atoms with Crippen molar-refractivity contribution in [2.24, 2.45) is 17.8 Å². The summed E-state index contributed by atoms with van der Waals surface area (Å²) in [4.78, 5) is 2.52. The lowest BCUT2D eigenvalue weighted by atomic mass is 9.99. The molecule has 1 saturated carbocycles. The van der Waals surface area contributed by atoms with E-state index in [9.17, 15) is 4.39 Å². The molecule has 0 amide bonds. The molecule has 4 nitrogen and oxygen atoms in total.